The summed E-state index contributed by atoms with van der Waals surface area (Å²) in [5.74, 6) is 0.690. The van der Waals surface area contributed by atoms with Crippen LogP contribution < -0.4 is 9.04 Å². The van der Waals surface area contributed by atoms with Gasteiger partial charge in [-0.25, -0.2) is 4.31 Å². The van der Waals surface area contributed by atoms with Crippen molar-refractivity contribution in [1.82, 2.24) is 4.90 Å². The Hall–Kier alpha value is -1.83. The lowest BCUT2D eigenvalue weighted by Gasteiger charge is -2.28. The van der Waals surface area contributed by atoms with E-state index in [4.69, 9.17) is 4.74 Å². The number of aryl methyl sites for hydroxylation is 1. The van der Waals surface area contributed by atoms with Gasteiger partial charge in [0.1, 0.15) is 12.4 Å². The van der Waals surface area contributed by atoms with Crippen molar-refractivity contribution in [2.45, 2.75) is 12.8 Å². The minimum Gasteiger partial charge on any atom is -0.490 e. The van der Waals surface area contributed by atoms with Gasteiger partial charge in [-0.3, -0.25) is 9.45 Å². The van der Waals surface area contributed by atoms with Crippen molar-refractivity contribution in [3.63, 3.8) is 0 Å². The minimum absolute atomic E-state index is 0.299. The molecular weight excluding hydrogens is 328 g/mol. The zero-order valence-electron chi connectivity index (χ0n) is 13.9. The van der Waals surface area contributed by atoms with Gasteiger partial charge < -0.3 is 4.74 Å². The highest BCUT2D eigenvalue weighted by Crippen LogP contribution is 2.31. The molecule has 2 rings (SSSR count). The van der Waals surface area contributed by atoms with Crippen LogP contribution in [0.15, 0.2) is 43.0 Å². The smallest absolute Gasteiger partial charge is 0.359 e. The molecule has 0 atom stereocenters. The number of fused-ring (bicyclic) bond motifs is 1. The van der Waals surface area contributed by atoms with Gasteiger partial charge >= 0.3 is 10.3 Å². The summed E-state index contributed by atoms with van der Waals surface area (Å²) in [5.41, 5.74) is 1.39. The molecule has 1 aromatic rings. The zero-order chi connectivity index (χ0) is 17.6. The third-order valence-electron chi connectivity index (χ3n) is 3.78. The fourth-order valence-corrected chi connectivity index (χ4v) is 3.42. The van der Waals surface area contributed by atoms with E-state index in [0.717, 1.165) is 29.4 Å². The molecule has 0 bridgehead atoms. The summed E-state index contributed by atoms with van der Waals surface area (Å²) in [6, 6.07) is 5.24. The van der Waals surface area contributed by atoms with Crippen LogP contribution in [0.1, 0.15) is 12.0 Å². The van der Waals surface area contributed by atoms with Crippen molar-refractivity contribution in [1.29, 1.82) is 0 Å². The van der Waals surface area contributed by atoms with Crippen molar-refractivity contribution in [3.8, 4) is 5.75 Å². The summed E-state index contributed by atoms with van der Waals surface area (Å²) < 4.78 is 38.8. The van der Waals surface area contributed by atoms with Crippen LogP contribution in [0.3, 0.4) is 0 Å². The summed E-state index contributed by atoms with van der Waals surface area (Å²) >= 11 is 0. The van der Waals surface area contributed by atoms with Crippen molar-refractivity contribution < 1.29 is 17.7 Å². The van der Waals surface area contributed by atoms with E-state index in [2.05, 4.69) is 11.5 Å². The van der Waals surface area contributed by atoms with E-state index < -0.39 is 10.3 Å². The number of nitrogens with zero attached hydrogens (tertiary/aromatic N) is 2. The predicted octanol–water partition coefficient (Wildman–Crippen LogP) is 2.29. The number of ether oxygens (including phenoxy) is 1. The molecule has 0 amide bonds. The molecule has 0 unspecified atom stereocenters. The molecule has 0 fully saturated rings. The fraction of sp³-hybridized carbons (Fsp3) is 0.412. The summed E-state index contributed by atoms with van der Waals surface area (Å²) in [7, 11) is -2.21. The number of rotatable bonds is 8. The van der Waals surface area contributed by atoms with Crippen molar-refractivity contribution >= 4 is 16.0 Å². The van der Waals surface area contributed by atoms with E-state index in [1.165, 1.54) is 0 Å². The minimum atomic E-state index is -4.22. The molecule has 24 heavy (non-hydrogen) atoms. The molecule has 0 aromatic heterocycles. The van der Waals surface area contributed by atoms with Crippen molar-refractivity contribution in [3.05, 3.63) is 48.6 Å². The first-order valence-corrected chi connectivity index (χ1v) is 9.27. The van der Waals surface area contributed by atoms with E-state index in [0.29, 0.717) is 31.0 Å². The number of hydrogen-bond donors (Lipinski definition) is 1. The van der Waals surface area contributed by atoms with Gasteiger partial charge in [-0.2, -0.15) is 8.42 Å². The van der Waals surface area contributed by atoms with E-state index >= 15 is 0 Å². The second kappa shape index (κ2) is 8.32. The molecule has 0 saturated heterocycles. The molecule has 0 saturated carbocycles. The largest absolute Gasteiger partial charge is 0.490 e. The Morgan fingerprint density at radius 1 is 1.38 bits per heavy atom. The number of likely N-dealkylation sites (N-methyl/N-ethyl adjacent to an activating group) is 1. The van der Waals surface area contributed by atoms with Crippen LogP contribution in [0, 0.1) is 0 Å². The molecule has 0 aliphatic carbocycles. The molecule has 132 valence electrons. The summed E-state index contributed by atoms with van der Waals surface area (Å²) in [6.07, 6.45) is 7.27. The lowest BCUT2D eigenvalue weighted by molar-refractivity contribution is 0.360. The molecular formula is C17H24N2O4S. The number of benzene rings is 1. The van der Waals surface area contributed by atoms with Gasteiger partial charge in [-0.05, 0) is 43.7 Å². The van der Waals surface area contributed by atoms with E-state index in [-0.39, 0.29) is 0 Å². The molecule has 1 aliphatic rings. The summed E-state index contributed by atoms with van der Waals surface area (Å²) in [6.45, 7) is 6.09. The second-order valence-electron chi connectivity index (χ2n) is 5.74. The van der Waals surface area contributed by atoms with Gasteiger partial charge in [0.25, 0.3) is 0 Å². The lowest BCUT2D eigenvalue weighted by atomic mass is 10.0. The number of anilines is 1. The van der Waals surface area contributed by atoms with Gasteiger partial charge in [0, 0.05) is 19.6 Å². The van der Waals surface area contributed by atoms with Crippen molar-refractivity contribution in [2.75, 3.05) is 37.6 Å². The molecule has 0 radical (unpaired) electrons. The predicted molar refractivity (Wildman–Crippen MR) is 96.0 cm³/mol. The molecule has 7 heteroatoms. The van der Waals surface area contributed by atoms with Crippen LogP contribution in [0.25, 0.3) is 0 Å². The highest BCUT2D eigenvalue weighted by atomic mass is 32.2. The van der Waals surface area contributed by atoms with Crippen molar-refractivity contribution in [2.24, 2.45) is 0 Å². The van der Waals surface area contributed by atoms with E-state index in [1.807, 2.05) is 31.3 Å². The Morgan fingerprint density at radius 2 is 2.17 bits per heavy atom. The highest BCUT2D eigenvalue weighted by molar-refractivity contribution is 7.87. The molecule has 1 aliphatic heterocycles. The molecule has 1 aromatic carbocycles. The van der Waals surface area contributed by atoms with Crippen LogP contribution in [-0.2, 0) is 16.7 Å². The van der Waals surface area contributed by atoms with Gasteiger partial charge in [0.05, 0.1) is 5.69 Å². The Labute approximate surface area is 143 Å². The molecule has 6 nitrogen and oxygen atoms in total. The first-order valence-electron chi connectivity index (χ1n) is 7.87. The van der Waals surface area contributed by atoms with Crippen LogP contribution in [0.5, 0.6) is 5.75 Å². The zero-order valence-corrected chi connectivity index (χ0v) is 14.7. The highest BCUT2D eigenvalue weighted by Gasteiger charge is 2.25. The van der Waals surface area contributed by atoms with Gasteiger partial charge in [-0.1, -0.05) is 18.2 Å². The maximum atomic E-state index is 11.4. The van der Waals surface area contributed by atoms with Gasteiger partial charge in [0.15, 0.2) is 0 Å². The standard InChI is InChI=1S/C17H24N2O4S/c1-3-10-18(2)11-4-5-13-23-16-8-9-17-15(14-16)7-6-12-19(17)24(20,21)22/h3-5,8-9,14H,1,6-7,10-13H2,2H3,(H,20,21,22). The molecule has 1 N–H and O–H groups in total. The number of hydrogen-bond acceptors (Lipinski definition) is 4. The third kappa shape index (κ3) is 5.09. The van der Waals surface area contributed by atoms with Crippen LogP contribution in [0.4, 0.5) is 5.69 Å². The Morgan fingerprint density at radius 3 is 2.88 bits per heavy atom. The summed E-state index contributed by atoms with van der Waals surface area (Å²) in [4.78, 5) is 2.12. The molecule has 1 heterocycles. The SMILES string of the molecule is C=CCN(C)CC=CCOc1ccc2c(c1)CCCN2S(=O)(=O)O. The maximum absolute atomic E-state index is 11.4. The Bertz CT molecular complexity index is 701. The van der Waals surface area contributed by atoms with E-state index in [1.54, 1.807) is 12.1 Å². The Balaban J connectivity index is 1.94. The third-order valence-corrected chi connectivity index (χ3v) is 4.71. The van der Waals surface area contributed by atoms with Gasteiger partial charge in [0.2, 0.25) is 0 Å². The first kappa shape index (κ1) is 18.5. The average molecular weight is 352 g/mol. The van der Waals surface area contributed by atoms with Crippen LogP contribution >= 0.6 is 0 Å². The normalized spacial score (nSPS) is 14.9. The maximum Gasteiger partial charge on any atom is 0.359 e. The van der Waals surface area contributed by atoms with Gasteiger partial charge in [-0.15, -0.1) is 6.58 Å². The molecule has 0 spiro atoms. The lowest BCUT2D eigenvalue weighted by Crippen LogP contribution is -2.34. The quantitative estimate of drug-likeness (QED) is 0.574. The summed E-state index contributed by atoms with van der Waals surface area (Å²) in [5, 5.41) is 0. The van der Waals surface area contributed by atoms with Crippen LogP contribution in [-0.4, -0.2) is 51.2 Å². The second-order valence-corrected chi connectivity index (χ2v) is 7.07. The Kier molecular flexibility index (Phi) is 6.42. The average Bonchev–Trinajstić information content (AvgIpc) is 2.53. The first-order chi connectivity index (χ1) is 11.4. The fourth-order valence-electron chi connectivity index (χ4n) is 2.63. The van der Waals surface area contributed by atoms with E-state index in [9.17, 15) is 13.0 Å². The van der Waals surface area contributed by atoms with Crippen LogP contribution in [0.2, 0.25) is 0 Å². The topological polar surface area (TPSA) is 70.1 Å². The monoisotopic (exact) mass is 352 g/mol.